The summed E-state index contributed by atoms with van der Waals surface area (Å²) in [6.07, 6.45) is 15.5. The summed E-state index contributed by atoms with van der Waals surface area (Å²) in [6.45, 7) is 13.8. The van der Waals surface area contributed by atoms with E-state index in [0.717, 1.165) is 77.0 Å². The summed E-state index contributed by atoms with van der Waals surface area (Å²) >= 11 is 0. The molecule has 43 heavy (non-hydrogen) atoms. The zero-order valence-electron chi connectivity index (χ0n) is 28.0. The Labute approximate surface area is 261 Å². The fourth-order valence-electron chi connectivity index (χ4n) is 7.74. The van der Waals surface area contributed by atoms with Gasteiger partial charge in [-0.2, -0.15) is 0 Å². The van der Waals surface area contributed by atoms with E-state index in [1.807, 2.05) is 18.2 Å². The van der Waals surface area contributed by atoms with E-state index in [2.05, 4.69) is 57.5 Å². The maximum atomic E-state index is 13.4. The van der Waals surface area contributed by atoms with Crippen molar-refractivity contribution in [3.05, 3.63) is 18.2 Å². The van der Waals surface area contributed by atoms with Gasteiger partial charge in [0.15, 0.2) is 0 Å². The Morgan fingerprint density at radius 3 is 1.05 bits per heavy atom. The molecule has 3 aliphatic rings. The highest BCUT2D eigenvalue weighted by Gasteiger charge is 2.34. The highest BCUT2D eigenvalue weighted by atomic mass is 16.2. The summed E-state index contributed by atoms with van der Waals surface area (Å²) in [5.74, 6) is 1.39. The molecule has 0 unspecified atom stereocenters. The summed E-state index contributed by atoms with van der Waals surface area (Å²) in [6, 6.07) is 5.55. The van der Waals surface area contributed by atoms with E-state index < -0.39 is 0 Å². The summed E-state index contributed by atoms with van der Waals surface area (Å²) in [5, 5.41) is 9.45. The molecule has 0 heterocycles. The van der Waals surface area contributed by atoms with Crippen molar-refractivity contribution in [1.29, 1.82) is 0 Å². The van der Waals surface area contributed by atoms with E-state index in [9.17, 15) is 14.4 Å². The van der Waals surface area contributed by atoms with Gasteiger partial charge in [-0.1, -0.05) is 73.6 Å². The summed E-state index contributed by atoms with van der Waals surface area (Å²) in [4.78, 5) is 40.1. The molecule has 1 aromatic rings. The van der Waals surface area contributed by atoms with Crippen molar-refractivity contribution in [2.75, 3.05) is 16.0 Å². The predicted octanol–water partition coefficient (Wildman–Crippen LogP) is 9.57. The molecule has 0 radical (unpaired) electrons. The van der Waals surface area contributed by atoms with Gasteiger partial charge in [-0.05, 0) is 105 Å². The number of carbonyl (C=O) groups is 3. The van der Waals surface area contributed by atoms with Crippen LogP contribution in [-0.4, -0.2) is 17.7 Å². The van der Waals surface area contributed by atoms with Crippen molar-refractivity contribution in [3.8, 4) is 0 Å². The van der Waals surface area contributed by atoms with E-state index in [1.165, 1.54) is 19.3 Å². The van der Waals surface area contributed by atoms with Crippen molar-refractivity contribution in [2.45, 2.75) is 138 Å². The topological polar surface area (TPSA) is 87.3 Å². The van der Waals surface area contributed by atoms with Crippen LogP contribution >= 0.6 is 0 Å². The van der Waals surface area contributed by atoms with Gasteiger partial charge < -0.3 is 16.0 Å². The molecule has 1 aromatic carbocycles. The Morgan fingerprint density at radius 2 is 0.744 bits per heavy atom. The van der Waals surface area contributed by atoms with Crippen LogP contribution in [0.2, 0.25) is 0 Å². The Balaban J connectivity index is 1.46. The standard InChI is InChI=1S/C37H59N3O3/c1-36(2,3)28-18-14-26(15-19-28)34(42)39-31-22-30(38-33(41)25-12-10-8-7-9-11-13-25)23-32(24-31)40-35(43)27-16-20-29(21-17-27)37(4,5)6/h22-29H,7-21H2,1-6H3,(H,38,41)(H,39,42)(H,40,43)/t26-,27-,28+,29+. The third-order valence-electron chi connectivity index (χ3n) is 10.9. The number of benzene rings is 1. The first-order chi connectivity index (χ1) is 20.3. The van der Waals surface area contributed by atoms with Crippen LogP contribution < -0.4 is 16.0 Å². The Hall–Kier alpha value is -2.37. The Bertz CT molecular complexity index is 1020. The lowest BCUT2D eigenvalue weighted by Gasteiger charge is -2.36. The van der Waals surface area contributed by atoms with Crippen LogP contribution in [-0.2, 0) is 14.4 Å². The molecule has 0 saturated heterocycles. The third kappa shape index (κ3) is 9.81. The van der Waals surface area contributed by atoms with Crippen LogP contribution in [0.1, 0.15) is 138 Å². The first kappa shape index (κ1) is 33.5. The van der Waals surface area contributed by atoms with Crippen molar-refractivity contribution in [2.24, 2.45) is 40.4 Å². The smallest absolute Gasteiger partial charge is 0.227 e. The molecule has 4 rings (SSSR count). The largest absolute Gasteiger partial charge is 0.326 e. The molecule has 0 spiro atoms. The molecule has 3 N–H and O–H groups in total. The van der Waals surface area contributed by atoms with Crippen LogP contribution in [0.25, 0.3) is 0 Å². The van der Waals surface area contributed by atoms with Crippen LogP contribution in [0.4, 0.5) is 17.1 Å². The normalized spacial score (nSPS) is 26.1. The fraction of sp³-hybridized carbons (Fsp3) is 0.757. The lowest BCUT2D eigenvalue weighted by molar-refractivity contribution is -0.122. The monoisotopic (exact) mass is 593 g/mol. The van der Waals surface area contributed by atoms with Crippen LogP contribution in [0.3, 0.4) is 0 Å². The molecule has 3 saturated carbocycles. The molecule has 3 aliphatic carbocycles. The Morgan fingerprint density at radius 1 is 0.465 bits per heavy atom. The highest BCUT2D eigenvalue weighted by molar-refractivity contribution is 5.99. The van der Waals surface area contributed by atoms with Gasteiger partial charge in [0, 0.05) is 34.8 Å². The number of hydrogen-bond donors (Lipinski definition) is 3. The maximum absolute atomic E-state index is 13.4. The molecular formula is C37H59N3O3. The van der Waals surface area contributed by atoms with Gasteiger partial charge in [0.05, 0.1) is 0 Å². The molecule has 240 valence electrons. The SMILES string of the molecule is CC(C)(C)[C@H]1CC[C@@H](C(=O)Nc2cc(NC(=O)C3CCCCCCC3)cc(NC(=O)[C@H]3CC[C@@H](C(C)(C)C)CC3)c2)CC1. The van der Waals surface area contributed by atoms with Crippen molar-refractivity contribution in [3.63, 3.8) is 0 Å². The number of carbonyl (C=O) groups excluding carboxylic acids is 3. The van der Waals surface area contributed by atoms with Gasteiger partial charge in [0.2, 0.25) is 17.7 Å². The molecule has 3 fully saturated rings. The lowest BCUT2D eigenvalue weighted by Crippen LogP contribution is -2.32. The summed E-state index contributed by atoms with van der Waals surface area (Å²) in [7, 11) is 0. The maximum Gasteiger partial charge on any atom is 0.227 e. The minimum atomic E-state index is -0.0113. The zero-order chi connectivity index (χ0) is 31.2. The third-order valence-corrected chi connectivity index (χ3v) is 10.9. The first-order valence-corrected chi connectivity index (χ1v) is 17.4. The fourth-order valence-corrected chi connectivity index (χ4v) is 7.74. The molecule has 6 nitrogen and oxygen atoms in total. The van der Waals surface area contributed by atoms with Crippen molar-refractivity contribution < 1.29 is 14.4 Å². The van der Waals surface area contributed by atoms with Crippen molar-refractivity contribution in [1.82, 2.24) is 0 Å². The summed E-state index contributed by atoms with van der Waals surface area (Å²) < 4.78 is 0. The number of rotatable bonds is 6. The zero-order valence-corrected chi connectivity index (χ0v) is 28.0. The van der Waals surface area contributed by atoms with Crippen molar-refractivity contribution >= 4 is 34.8 Å². The number of anilines is 3. The van der Waals surface area contributed by atoms with Gasteiger partial charge in [0.1, 0.15) is 0 Å². The summed E-state index contributed by atoms with van der Waals surface area (Å²) in [5.41, 5.74) is 2.43. The minimum Gasteiger partial charge on any atom is -0.326 e. The molecule has 0 aromatic heterocycles. The van der Waals surface area contributed by atoms with Gasteiger partial charge in [0.25, 0.3) is 0 Å². The average Bonchev–Trinajstić information content (AvgIpc) is 2.92. The number of nitrogens with one attached hydrogen (secondary N) is 3. The number of hydrogen-bond acceptors (Lipinski definition) is 3. The highest BCUT2D eigenvalue weighted by Crippen LogP contribution is 2.41. The number of amides is 3. The van der Waals surface area contributed by atoms with Crippen LogP contribution in [0.5, 0.6) is 0 Å². The Kier molecular flexibility index (Phi) is 11.4. The van der Waals surface area contributed by atoms with E-state index in [-0.39, 0.29) is 46.3 Å². The molecule has 6 heteroatoms. The van der Waals surface area contributed by atoms with E-state index in [1.54, 1.807) is 0 Å². The minimum absolute atomic E-state index is 0.00703. The average molecular weight is 594 g/mol. The van der Waals surface area contributed by atoms with Gasteiger partial charge in [-0.15, -0.1) is 0 Å². The first-order valence-electron chi connectivity index (χ1n) is 17.4. The van der Waals surface area contributed by atoms with Gasteiger partial charge in [-0.25, -0.2) is 0 Å². The second kappa shape index (κ2) is 14.6. The van der Waals surface area contributed by atoms with Crippen LogP contribution in [0.15, 0.2) is 18.2 Å². The van der Waals surface area contributed by atoms with E-state index in [0.29, 0.717) is 28.9 Å². The molecule has 0 bridgehead atoms. The molecular weight excluding hydrogens is 534 g/mol. The van der Waals surface area contributed by atoms with Gasteiger partial charge in [-0.3, -0.25) is 14.4 Å². The molecule has 0 aliphatic heterocycles. The quantitative estimate of drug-likeness (QED) is 0.307. The van der Waals surface area contributed by atoms with Gasteiger partial charge >= 0.3 is 0 Å². The van der Waals surface area contributed by atoms with E-state index in [4.69, 9.17) is 0 Å². The van der Waals surface area contributed by atoms with E-state index >= 15 is 0 Å². The second-order valence-electron chi connectivity index (χ2n) is 16.1. The molecule has 3 amide bonds. The second-order valence-corrected chi connectivity index (χ2v) is 16.1. The lowest BCUT2D eigenvalue weighted by atomic mass is 9.69. The van der Waals surface area contributed by atoms with Crippen LogP contribution in [0, 0.1) is 40.4 Å². The molecule has 0 atom stereocenters. The predicted molar refractivity (Wildman–Crippen MR) is 178 cm³/mol.